The number of aromatic amines is 1. The fourth-order valence-corrected chi connectivity index (χ4v) is 4.46. The van der Waals surface area contributed by atoms with Crippen LogP contribution < -0.4 is 9.64 Å². The van der Waals surface area contributed by atoms with Crippen molar-refractivity contribution in [1.82, 2.24) is 4.98 Å². The molecule has 33 heavy (non-hydrogen) atoms. The number of aromatic nitrogens is 1. The highest BCUT2D eigenvalue weighted by molar-refractivity contribution is 6.51. The van der Waals surface area contributed by atoms with Crippen molar-refractivity contribution in [2.45, 2.75) is 13.0 Å². The normalized spacial score (nSPS) is 17.6. The zero-order chi connectivity index (χ0) is 23.1. The molecular formula is C27H22N2O4. The zero-order valence-corrected chi connectivity index (χ0v) is 18.2. The molecule has 0 bridgehead atoms. The van der Waals surface area contributed by atoms with E-state index in [0.717, 1.165) is 22.0 Å². The van der Waals surface area contributed by atoms with Crippen LogP contribution in [0.5, 0.6) is 5.75 Å². The van der Waals surface area contributed by atoms with Crippen molar-refractivity contribution in [3.63, 3.8) is 0 Å². The number of methoxy groups -OCH3 is 1. The van der Waals surface area contributed by atoms with Gasteiger partial charge in [0.1, 0.15) is 11.5 Å². The van der Waals surface area contributed by atoms with Gasteiger partial charge in [0.2, 0.25) is 0 Å². The van der Waals surface area contributed by atoms with Crippen LogP contribution in [0.1, 0.15) is 22.7 Å². The Bertz CT molecular complexity index is 1430. The van der Waals surface area contributed by atoms with Crippen LogP contribution in [-0.4, -0.2) is 28.9 Å². The van der Waals surface area contributed by atoms with Crippen molar-refractivity contribution < 1.29 is 19.4 Å². The summed E-state index contributed by atoms with van der Waals surface area (Å²) in [6.07, 6.45) is 1.66. The lowest BCUT2D eigenvalue weighted by Gasteiger charge is -2.26. The van der Waals surface area contributed by atoms with Gasteiger partial charge in [0.15, 0.2) is 0 Å². The third kappa shape index (κ3) is 3.27. The summed E-state index contributed by atoms with van der Waals surface area (Å²) in [6.45, 7) is 1.92. The average molecular weight is 438 g/mol. The number of Topliss-reactive ketones (excluding diaryl/α,β-unsaturated/α-hetero) is 1. The molecule has 1 unspecified atom stereocenters. The summed E-state index contributed by atoms with van der Waals surface area (Å²) >= 11 is 0. The van der Waals surface area contributed by atoms with Crippen LogP contribution in [0, 0.1) is 6.92 Å². The second kappa shape index (κ2) is 7.98. The number of carbonyl (C=O) groups excluding carboxylic acids is 2. The molecule has 2 heterocycles. The minimum absolute atomic E-state index is 0.0573. The summed E-state index contributed by atoms with van der Waals surface area (Å²) in [5, 5.41) is 12.2. The van der Waals surface area contributed by atoms with E-state index >= 15 is 0 Å². The number of carbonyl (C=O) groups is 2. The van der Waals surface area contributed by atoms with E-state index in [9.17, 15) is 14.7 Å². The number of para-hydroxylation sites is 1. The maximum absolute atomic E-state index is 13.4. The number of aliphatic hydroxyl groups excluding tert-OH is 1. The van der Waals surface area contributed by atoms with Crippen LogP contribution in [-0.2, 0) is 9.59 Å². The van der Waals surface area contributed by atoms with E-state index < -0.39 is 17.7 Å². The van der Waals surface area contributed by atoms with E-state index in [1.165, 1.54) is 4.90 Å². The summed E-state index contributed by atoms with van der Waals surface area (Å²) < 4.78 is 5.33. The van der Waals surface area contributed by atoms with Crippen LogP contribution in [0.15, 0.2) is 84.6 Å². The Labute approximate surface area is 190 Å². The van der Waals surface area contributed by atoms with Gasteiger partial charge in [-0.15, -0.1) is 0 Å². The Morgan fingerprint density at radius 1 is 1.00 bits per heavy atom. The van der Waals surface area contributed by atoms with Crippen molar-refractivity contribution in [3.05, 3.63) is 101 Å². The van der Waals surface area contributed by atoms with Crippen molar-refractivity contribution in [3.8, 4) is 5.75 Å². The SMILES string of the molecule is COc1cccc(N2C(=O)C(=O)/C(=C(/O)c3c[nH]c4ccccc34)C2c2ccccc2C)c1. The molecule has 4 aromatic rings. The Kier molecular flexibility index (Phi) is 4.98. The number of hydrogen-bond donors (Lipinski definition) is 2. The molecule has 0 spiro atoms. The highest BCUT2D eigenvalue weighted by Gasteiger charge is 2.47. The molecule has 0 aliphatic carbocycles. The molecule has 1 amide bonds. The van der Waals surface area contributed by atoms with Gasteiger partial charge in [-0.3, -0.25) is 14.5 Å². The number of anilines is 1. The molecule has 3 aromatic carbocycles. The molecule has 6 nitrogen and oxygen atoms in total. The van der Waals surface area contributed by atoms with Crippen LogP contribution in [0.4, 0.5) is 5.69 Å². The van der Waals surface area contributed by atoms with E-state index in [2.05, 4.69) is 4.98 Å². The summed E-state index contributed by atoms with van der Waals surface area (Å²) in [5.74, 6) is -1.06. The number of hydrogen-bond acceptors (Lipinski definition) is 4. The first-order chi connectivity index (χ1) is 16.0. The number of aliphatic hydroxyl groups is 1. The standard InChI is InChI=1S/C27H22N2O4/c1-16-8-3-4-11-19(16)24-23(25(30)21-15-28-22-13-6-5-12-20(21)22)26(31)27(32)29(24)17-9-7-10-18(14-17)33-2/h3-15,24,28,30H,1-2H3/b25-23+. The number of fused-ring (bicyclic) bond motifs is 1. The number of nitrogens with zero attached hydrogens (tertiary/aromatic N) is 1. The van der Waals surface area contributed by atoms with Gasteiger partial charge in [0.05, 0.1) is 18.7 Å². The Morgan fingerprint density at radius 2 is 1.76 bits per heavy atom. The van der Waals surface area contributed by atoms with Crippen LogP contribution in [0.2, 0.25) is 0 Å². The van der Waals surface area contributed by atoms with E-state index in [1.807, 2.05) is 55.5 Å². The minimum Gasteiger partial charge on any atom is -0.507 e. The summed E-state index contributed by atoms with van der Waals surface area (Å²) in [7, 11) is 1.54. The van der Waals surface area contributed by atoms with Gasteiger partial charge in [-0.2, -0.15) is 0 Å². The monoisotopic (exact) mass is 438 g/mol. The number of amides is 1. The fraction of sp³-hybridized carbons (Fsp3) is 0.111. The number of ether oxygens (including phenoxy) is 1. The van der Waals surface area contributed by atoms with Gasteiger partial charge in [0, 0.05) is 34.4 Å². The van der Waals surface area contributed by atoms with Gasteiger partial charge < -0.3 is 14.8 Å². The van der Waals surface area contributed by atoms with Gasteiger partial charge in [-0.25, -0.2) is 0 Å². The molecule has 5 rings (SSSR count). The van der Waals surface area contributed by atoms with Crippen LogP contribution in [0.25, 0.3) is 16.7 Å². The molecule has 0 saturated carbocycles. The molecule has 1 fully saturated rings. The lowest BCUT2D eigenvalue weighted by atomic mass is 9.92. The van der Waals surface area contributed by atoms with Gasteiger partial charge >= 0.3 is 0 Å². The Morgan fingerprint density at radius 3 is 2.55 bits per heavy atom. The van der Waals surface area contributed by atoms with Crippen LogP contribution >= 0.6 is 0 Å². The zero-order valence-electron chi connectivity index (χ0n) is 18.2. The largest absolute Gasteiger partial charge is 0.507 e. The smallest absolute Gasteiger partial charge is 0.300 e. The molecule has 1 aromatic heterocycles. The number of H-pyrrole nitrogens is 1. The summed E-state index contributed by atoms with van der Waals surface area (Å²) in [4.78, 5) is 31.3. The molecule has 1 saturated heterocycles. The van der Waals surface area contributed by atoms with Crippen molar-refractivity contribution >= 4 is 34.0 Å². The minimum atomic E-state index is -0.785. The maximum atomic E-state index is 13.4. The Balaban J connectivity index is 1.78. The first kappa shape index (κ1) is 20.6. The third-order valence-electron chi connectivity index (χ3n) is 6.10. The molecule has 2 N–H and O–H groups in total. The molecule has 1 aliphatic heterocycles. The molecule has 1 atom stereocenters. The second-order valence-corrected chi connectivity index (χ2v) is 7.98. The number of rotatable bonds is 4. The lowest BCUT2D eigenvalue weighted by molar-refractivity contribution is -0.132. The molecule has 0 radical (unpaired) electrons. The van der Waals surface area contributed by atoms with E-state index in [4.69, 9.17) is 4.74 Å². The first-order valence-electron chi connectivity index (χ1n) is 10.6. The van der Waals surface area contributed by atoms with Gasteiger partial charge in [-0.05, 0) is 36.2 Å². The second-order valence-electron chi connectivity index (χ2n) is 7.98. The highest BCUT2D eigenvalue weighted by atomic mass is 16.5. The van der Waals surface area contributed by atoms with Crippen LogP contribution in [0.3, 0.4) is 0 Å². The number of benzene rings is 3. The molecular weight excluding hydrogens is 416 g/mol. The molecule has 6 heteroatoms. The number of ketones is 1. The van der Waals surface area contributed by atoms with Gasteiger partial charge in [-0.1, -0.05) is 48.5 Å². The predicted octanol–water partition coefficient (Wildman–Crippen LogP) is 5.11. The fourth-order valence-electron chi connectivity index (χ4n) is 4.46. The van der Waals surface area contributed by atoms with Crippen molar-refractivity contribution in [2.75, 3.05) is 12.0 Å². The maximum Gasteiger partial charge on any atom is 0.300 e. The molecule has 1 aliphatic rings. The van der Waals surface area contributed by atoms with Crippen molar-refractivity contribution in [2.24, 2.45) is 0 Å². The van der Waals surface area contributed by atoms with E-state index in [-0.39, 0.29) is 11.3 Å². The predicted molar refractivity (Wildman–Crippen MR) is 127 cm³/mol. The van der Waals surface area contributed by atoms with E-state index in [0.29, 0.717) is 17.0 Å². The van der Waals surface area contributed by atoms with Crippen molar-refractivity contribution in [1.29, 1.82) is 0 Å². The highest BCUT2D eigenvalue weighted by Crippen LogP contribution is 2.44. The number of aryl methyl sites for hydroxylation is 1. The topological polar surface area (TPSA) is 82.6 Å². The summed E-state index contributed by atoms with van der Waals surface area (Å²) in [5.41, 5.74) is 3.55. The Hall–Kier alpha value is -4.32. The molecule has 164 valence electrons. The average Bonchev–Trinajstić information content (AvgIpc) is 3.38. The van der Waals surface area contributed by atoms with E-state index in [1.54, 1.807) is 37.6 Å². The quantitative estimate of drug-likeness (QED) is 0.263. The number of nitrogens with one attached hydrogen (secondary N) is 1. The third-order valence-corrected chi connectivity index (χ3v) is 6.10. The summed E-state index contributed by atoms with van der Waals surface area (Å²) in [6, 6.07) is 21.3. The van der Waals surface area contributed by atoms with Gasteiger partial charge in [0.25, 0.3) is 11.7 Å². The lowest BCUT2D eigenvalue weighted by Crippen LogP contribution is -2.29. The first-order valence-corrected chi connectivity index (χ1v) is 10.6.